The minimum atomic E-state index is -1.37. The molecule has 0 fully saturated rings. The van der Waals surface area contributed by atoms with Crippen molar-refractivity contribution in [1.82, 2.24) is 0 Å². The van der Waals surface area contributed by atoms with Crippen molar-refractivity contribution < 1.29 is 38.4 Å². The molecule has 1 aliphatic carbocycles. The summed E-state index contributed by atoms with van der Waals surface area (Å²) in [6.07, 6.45) is 2.80. The van der Waals surface area contributed by atoms with Crippen molar-refractivity contribution in [3.05, 3.63) is 86.0 Å². The minimum absolute atomic E-state index is 0.0774. The van der Waals surface area contributed by atoms with Crippen LogP contribution in [0.5, 0.6) is 23.0 Å². The lowest BCUT2D eigenvalue weighted by Gasteiger charge is -2.17. The molecule has 1 N–H and O–H groups in total. The fraction of sp³-hybridized carbons (Fsp3) is 0.115. The van der Waals surface area contributed by atoms with Gasteiger partial charge >= 0.3 is 17.9 Å². The topological polar surface area (TPSA) is 108 Å². The molecule has 0 amide bonds. The highest BCUT2D eigenvalue weighted by molar-refractivity contribution is 5.93. The highest BCUT2D eigenvalue weighted by Crippen LogP contribution is 2.55. The van der Waals surface area contributed by atoms with Crippen LogP contribution in [-0.2, 0) is 14.4 Å². The van der Waals surface area contributed by atoms with Crippen LogP contribution in [0.4, 0.5) is 0 Å². The molecule has 0 aromatic heterocycles. The predicted octanol–water partition coefficient (Wildman–Crippen LogP) is 3.98. The molecule has 3 rings (SSSR count). The maximum atomic E-state index is 12.1. The summed E-state index contributed by atoms with van der Waals surface area (Å²) in [7, 11) is 0. The SMILES string of the molecule is C=CC(=O)Oc1cc(OC(=O)C=C)c2c(c1)C(C)c1cc(OC(=O)C=C)cc(OC(O)C=C)c1-2. The Morgan fingerprint density at radius 1 is 0.794 bits per heavy atom. The van der Waals surface area contributed by atoms with E-state index in [-0.39, 0.29) is 28.9 Å². The molecule has 0 spiro atoms. The van der Waals surface area contributed by atoms with Gasteiger partial charge < -0.3 is 24.1 Å². The van der Waals surface area contributed by atoms with Crippen LogP contribution in [0.2, 0.25) is 0 Å². The van der Waals surface area contributed by atoms with Gasteiger partial charge in [-0.25, -0.2) is 14.4 Å². The van der Waals surface area contributed by atoms with Crippen molar-refractivity contribution in [2.45, 2.75) is 19.1 Å². The first-order chi connectivity index (χ1) is 16.2. The lowest BCUT2D eigenvalue weighted by atomic mass is 9.99. The second-order valence-corrected chi connectivity index (χ2v) is 7.11. The first-order valence-electron chi connectivity index (χ1n) is 10.1. The third-order valence-electron chi connectivity index (χ3n) is 4.99. The largest absolute Gasteiger partial charge is 0.461 e. The molecular weight excluding hydrogens is 440 g/mol. The molecule has 2 unspecified atom stereocenters. The smallest absolute Gasteiger partial charge is 0.335 e. The van der Waals surface area contributed by atoms with E-state index in [1.165, 1.54) is 18.2 Å². The number of aliphatic hydroxyl groups excluding tert-OH is 1. The van der Waals surface area contributed by atoms with Crippen molar-refractivity contribution in [3.63, 3.8) is 0 Å². The maximum Gasteiger partial charge on any atom is 0.335 e. The van der Waals surface area contributed by atoms with Crippen LogP contribution in [0.1, 0.15) is 24.0 Å². The maximum absolute atomic E-state index is 12.1. The summed E-state index contributed by atoms with van der Waals surface area (Å²) < 4.78 is 21.6. The number of aliphatic hydroxyl groups is 1. The highest BCUT2D eigenvalue weighted by Gasteiger charge is 2.34. The predicted molar refractivity (Wildman–Crippen MR) is 124 cm³/mol. The monoisotopic (exact) mass is 462 g/mol. The number of benzene rings is 2. The fourth-order valence-corrected chi connectivity index (χ4v) is 3.54. The first-order valence-corrected chi connectivity index (χ1v) is 10.1. The van der Waals surface area contributed by atoms with Gasteiger partial charge in [0.2, 0.25) is 6.29 Å². The lowest BCUT2D eigenvalue weighted by Crippen LogP contribution is -2.13. The van der Waals surface area contributed by atoms with E-state index in [0.717, 1.165) is 18.2 Å². The van der Waals surface area contributed by atoms with Gasteiger partial charge in [0, 0.05) is 47.4 Å². The summed E-state index contributed by atoms with van der Waals surface area (Å²) in [4.78, 5) is 35.6. The van der Waals surface area contributed by atoms with Crippen molar-refractivity contribution >= 4 is 17.9 Å². The summed E-state index contributed by atoms with van der Waals surface area (Å²) in [5.74, 6) is -1.94. The fourth-order valence-electron chi connectivity index (χ4n) is 3.54. The van der Waals surface area contributed by atoms with Gasteiger partial charge in [-0.15, -0.1) is 0 Å². The number of hydrogen-bond acceptors (Lipinski definition) is 8. The van der Waals surface area contributed by atoms with E-state index in [2.05, 4.69) is 26.3 Å². The molecule has 34 heavy (non-hydrogen) atoms. The second kappa shape index (κ2) is 10.0. The van der Waals surface area contributed by atoms with Crippen molar-refractivity contribution in [2.24, 2.45) is 0 Å². The molecule has 0 saturated carbocycles. The summed E-state index contributed by atoms with van der Waals surface area (Å²) in [5, 5.41) is 10.1. The van der Waals surface area contributed by atoms with Gasteiger partial charge in [-0.05, 0) is 29.3 Å². The summed E-state index contributed by atoms with van der Waals surface area (Å²) in [6, 6.07) is 6.04. The second-order valence-electron chi connectivity index (χ2n) is 7.11. The Kier molecular flexibility index (Phi) is 7.13. The number of rotatable bonds is 9. The Morgan fingerprint density at radius 2 is 1.24 bits per heavy atom. The third kappa shape index (κ3) is 4.82. The molecular formula is C26H22O8. The number of ether oxygens (including phenoxy) is 4. The summed E-state index contributed by atoms with van der Waals surface area (Å²) in [6.45, 7) is 15.5. The zero-order valence-corrected chi connectivity index (χ0v) is 18.4. The molecule has 8 heteroatoms. The Labute approximate surface area is 196 Å². The van der Waals surface area contributed by atoms with Crippen LogP contribution in [0, 0.1) is 0 Å². The average Bonchev–Trinajstić information content (AvgIpc) is 3.10. The zero-order chi connectivity index (χ0) is 25.0. The lowest BCUT2D eigenvalue weighted by molar-refractivity contribution is -0.130. The van der Waals surface area contributed by atoms with E-state index < -0.39 is 24.2 Å². The van der Waals surface area contributed by atoms with Crippen LogP contribution < -0.4 is 18.9 Å². The summed E-state index contributed by atoms with van der Waals surface area (Å²) in [5.41, 5.74) is 2.26. The van der Waals surface area contributed by atoms with Gasteiger partial charge in [0.1, 0.15) is 23.0 Å². The zero-order valence-electron chi connectivity index (χ0n) is 18.4. The number of hydrogen-bond donors (Lipinski definition) is 1. The standard InChI is InChI=1S/C26H22O8/c1-6-21(27)31-15-10-17-14(5)18-11-16(32-22(28)7-2)13-20(34-24(30)9-4)26(18)25(17)19(12-15)33-23(29)8-3/h6-14,23,29H,1-4H2,5H3. The van der Waals surface area contributed by atoms with Gasteiger partial charge in [0.05, 0.1) is 0 Å². The minimum Gasteiger partial charge on any atom is -0.461 e. The highest BCUT2D eigenvalue weighted by atomic mass is 16.6. The number of carbonyl (C=O) groups excluding carboxylic acids is 3. The molecule has 0 bridgehead atoms. The Hall–Kier alpha value is -4.43. The van der Waals surface area contributed by atoms with Gasteiger partial charge in [-0.2, -0.15) is 0 Å². The number of carbonyl (C=O) groups is 3. The molecule has 2 aromatic carbocycles. The normalized spacial score (nSPS) is 14.0. The molecule has 1 aliphatic rings. The molecule has 8 nitrogen and oxygen atoms in total. The average molecular weight is 462 g/mol. The Morgan fingerprint density at radius 3 is 1.71 bits per heavy atom. The van der Waals surface area contributed by atoms with Crippen LogP contribution >= 0.6 is 0 Å². The van der Waals surface area contributed by atoms with Gasteiger partial charge in [0.25, 0.3) is 0 Å². The van der Waals surface area contributed by atoms with E-state index in [9.17, 15) is 19.5 Å². The molecule has 174 valence electrons. The van der Waals surface area contributed by atoms with Gasteiger partial charge in [-0.1, -0.05) is 33.2 Å². The van der Waals surface area contributed by atoms with E-state index >= 15 is 0 Å². The molecule has 2 aromatic rings. The number of esters is 3. The van der Waals surface area contributed by atoms with Crippen LogP contribution in [0.3, 0.4) is 0 Å². The quantitative estimate of drug-likeness (QED) is 0.196. The van der Waals surface area contributed by atoms with Gasteiger partial charge in [-0.3, -0.25) is 0 Å². The molecule has 0 saturated heterocycles. The first kappa shape index (κ1) is 24.2. The molecule has 0 radical (unpaired) electrons. The number of fused-ring (bicyclic) bond motifs is 3. The van der Waals surface area contributed by atoms with Crippen LogP contribution in [-0.4, -0.2) is 29.3 Å². The molecule has 2 atom stereocenters. The molecule has 0 aliphatic heterocycles. The third-order valence-corrected chi connectivity index (χ3v) is 4.99. The van der Waals surface area contributed by atoms with E-state index in [0.29, 0.717) is 22.3 Å². The van der Waals surface area contributed by atoms with E-state index in [4.69, 9.17) is 18.9 Å². The van der Waals surface area contributed by atoms with Crippen molar-refractivity contribution in [2.75, 3.05) is 0 Å². The molecule has 0 heterocycles. The Bertz CT molecular complexity index is 1220. The summed E-state index contributed by atoms with van der Waals surface area (Å²) >= 11 is 0. The van der Waals surface area contributed by atoms with Crippen molar-refractivity contribution in [3.8, 4) is 34.1 Å². The van der Waals surface area contributed by atoms with Crippen LogP contribution in [0.25, 0.3) is 11.1 Å². The Balaban J connectivity index is 2.27. The van der Waals surface area contributed by atoms with E-state index in [1.54, 1.807) is 12.1 Å². The van der Waals surface area contributed by atoms with E-state index in [1.807, 2.05) is 6.92 Å². The van der Waals surface area contributed by atoms with Crippen LogP contribution in [0.15, 0.2) is 74.9 Å². The van der Waals surface area contributed by atoms with Crippen molar-refractivity contribution in [1.29, 1.82) is 0 Å². The van der Waals surface area contributed by atoms with Gasteiger partial charge in [0.15, 0.2) is 0 Å².